The number of tetrazole rings is 1. The monoisotopic (exact) mass is 312 g/mol. The SMILES string of the molecule is Nc1ccccc1-c1nnn(CC(=O)Nc2ccccc2F)n1. The number of amides is 1. The molecule has 1 amide bonds. The molecular formula is C15H13FN6O. The van der Waals surface area contributed by atoms with E-state index in [2.05, 4.69) is 20.7 Å². The summed E-state index contributed by atoms with van der Waals surface area (Å²) in [4.78, 5) is 13.0. The maximum atomic E-state index is 13.5. The molecule has 0 bridgehead atoms. The van der Waals surface area contributed by atoms with Crippen LogP contribution in [0.15, 0.2) is 48.5 Å². The Morgan fingerprint density at radius 3 is 2.70 bits per heavy atom. The van der Waals surface area contributed by atoms with E-state index in [-0.39, 0.29) is 12.2 Å². The lowest BCUT2D eigenvalue weighted by Gasteiger charge is -2.05. The highest BCUT2D eigenvalue weighted by Crippen LogP contribution is 2.20. The minimum atomic E-state index is -0.509. The zero-order chi connectivity index (χ0) is 16.2. The molecule has 0 aliphatic heterocycles. The number of hydrogen-bond donors (Lipinski definition) is 2. The van der Waals surface area contributed by atoms with Gasteiger partial charge in [0.2, 0.25) is 11.7 Å². The number of aromatic nitrogens is 4. The highest BCUT2D eigenvalue weighted by atomic mass is 19.1. The molecule has 3 rings (SSSR count). The van der Waals surface area contributed by atoms with Gasteiger partial charge >= 0.3 is 0 Å². The molecule has 3 N–H and O–H groups in total. The summed E-state index contributed by atoms with van der Waals surface area (Å²) < 4.78 is 13.5. The molecule has 2 aromatic carbocycles. The Kier molecular flexibility index (Phi) is 3.96. The predicted molar refractivity (Wildman–Crippen MR) is 82.7 cm³/mol. The Morgan fingerprint density at radius 1 is 1.17 bits per heavy atom. The van der Waals surface area contributed by atoms with Crippen molar-refractivity contribution in [3.63, 3.8) is 0 Å². The van der Waals surface area contributed by atoms with Crippen molar-refractivity contribution < 1.29 is 9.18 Å². The first-order valence-corrected chi connectivity index (χ1v) is 6.80. The van der Waals surface area contributed by atoms with E-state index >= 15 is 0 Å². The van der Waals surface area contributed by atoms with Crippen LogP contribution in [0, 0.1) is 5.82 Å². The van der Waals surface area contributed by atoms with Crippen LogP contribution in [0.4, 0.5) is 15.8 Å². The fourth-order valence-corrected chi connectivity index (χ4v) is 2.00. The second-order valence-electron chi connectivity index (χ2n) is 4.76. The van der Waals surface area contributed by atoms with E-state index in [1.165, 1.54) is 12.1 Å². The summed E-state index contributed by atoms with van der Waals surface area (Å²) in [5.41, 5.74) is 7.10. The number of hydrogen-bond acceptors (Lipinski definition) is 5. The van der Waals surface area contributed by atoms with Crippen LogP contribution in [0.3, 0.4) is 0 Å². The molecule has 116 valence electrons. The van der Waals surface area contributed by atoms with Crippen molar-refractivity contribution in [3.05, 3.63) is 54.3 Å². The van der Waals surface area contributed by atoms with Crippen molar-refractivity contribution in [1.82, 2.24) is 20.2 Å². The summed E-state index contributed by atoms with van der Waals surface area (Å²) in [5.74, 6) is -0.646. The van der Waals surface area contributed by atoms with E-state index in [0.717, 1.165) is 4.80 Å². The number of nitrogens with one attached hydrogen (secondary N) is 1. The summed E-state index contributed by atoms with van der Waals surface area (Å²) in [6.45, 7) is -0.186. The van der Waals surface area contributed by atoms with Crippen LogP contribution in [0.5, 0.6) is 0 Å². The van der Waals surface area contributed by atoms with Gasteiger partial charge in [0.15, 0.2) is 0 Å². The summed E-state index contributed by atoms with van der Waals surface area (Å²) in [6.07, 6.45) is 0. The average molecular weight is 312 g/mol. The second kappa shape index (κ2) is 6.22. The van der Waals surface area contributed by atoms with E-state index in [9.17, 15) is 9.18 Å². The van der Waals surface area contributed by atoms with E-state index in [4.69, 9.17) is 5.73 Å². The van der Waals surface area contributed by atoms with E-state index < -0.39 is 11.7 Å². The molecule has 0 spiro atoms. The van der Waals surface area contributed by atoms with Gasteiger partial charge in [-0.2, -0.15) is 4.80 Å². The van der Waals surface area contributed by atoms with Crippen LogP contribution in [0.1, 0.15) is 0 Å². The highest BCUT2D eigenvalue weighted by Gasteiger charge is 2.12. The fraction of sp³-hybridized carbons (Fsp3) is 0.0667. The molecule has 3 aromatic rings. The molecule has 0 aliphatic rings. The molecule has 1 aromatic heterocycles. The number of carbonyl (C=O) groups is 1. The van der Waals surface area contributed by atoms with Crippen molar-refractivity contribution in [1.29, 1.82) is 0 Å². The Hall–Kier alpha value is -3.29. The molecule has 23 heavy (non-hydrogen) atoms. The van der Waals surface area contributed by atoms with Gasteiger partial charge in [-0.15, -0.1) is 10.2 Å². The zero-order valence-electron chi connectivity index (χ0n) is 12.0. The molecule has 0 saturated carbocycles. The van der Waals surface area contributed by atoms with Crippen molar-refractivity contribution in [2.24, 2.45) is 0 Å². The molecule has 0 unspecified atom stereocenters. The van der Waals surface area contributed by atoms with Crippen LogP contribution >= 0.6 is 0 Å². The number of nitrogen functional groups attached to an aromatic ring is 1. The smallest absolute Gasteiger partial charge is 0.248 e. The zero-order valence-corrected chi connectivity index (χ0v) is 12.0. The van der Waals surface area contributed by atoms with Crippen molar-refractivity contribution in [3.8, 4) is 11.4 Å². The number of nitrogens with two attached hydrogens (primary N) is 1. The van der Waals surface area contributed by atoms with Gasteiger partial charge in [-0.05, 0) is 29.5 Å². The van der Waals surface area contributed by atoms with Crippen LogP contribution in [-0.2, 0) is 11.3 Å². The van der Waals surface area contributed by atoms with E-state index in [1.807, 2.05) is 0 Å². The number of rotatable bonds is 4. The maximum absolute atomic E-state index is 13.5. The van der Waals surface area contributed by atoms with Gasteiger partial charge in [-0.25, -0.2) is 4.39 Å². The Labute approximate surface area is 130 Å². The molecule has 0 atom stereocenters. The summed E-state index contributed by atoms with van der Waals surface area (Å²) in [5, 5.41) is 14.2. The number of carbonyl (C=O) groups excluding carboxylic acids is 1. The van der Waals surface area contributed by atoms with Crippen molar-refractivity contribution >= 4 is 17.3 Å². The third kappa shape index (κ3) is 3.31. The van der Waals surface area contributed by atoms with Gasteiger partial charge < -0.3 is 11.1 Å². The number of halogens is 1. The van der Waals surface area contributed by atoms with Gasteiger partial charge in [0, 0.05) is 11.3 Å². The van der Waals surface area contributed by atoms with Gasteiger partial charge in [0.25, 0.3) is 0 Å². The lowest BCUT2D eigenvalue weighted by Crippen LogP contribution is -2.21. The van der Waals surface area contributed by atoms with Gasteiger partial charge in [-0.3, -0.25) is 4.79 Å². The number of anilines is 2. The van der Waals surface area contributed by atoms with Crippen LogP contribution in [0.2, 0.25) is 0 Å². The lowest BCUT2D eigenvalue weighted by atomic mass is 10.2. The molecule has 0 saturated heterocycles. The minimum absolute atomic E-state index is 0.102. The molecule has 1 heterocycles. The number of benzene rings is 2. The topological polar surface area (TPSA) is 98.7 Å². The molecular weight excluding hydrogens is 299 g/mol. The Morgan fingerprint density at radius 2 is 1.91 bits per heavy atom. The number of para-hydroxylation sites is 2. The Balaban J connectivity index is 1.71. The van der Waals surface area contributed by atoms with Gasteiger partial charge in [0.1, 0.15) is 12.4 Å². The second-order valence-corrected chi connectivity index (χ2v) is 4.76. The third-order valence-corrected chi connectivity index (χ3v) is 3.09. The Bertz CT molecular complexity index is 847. The normalized spacial score (nSPS) is 10.5. The quantitative estimate of drug-likeness (QED) is 0.714. The standard InChI is InChI=1S/C15H13FN6O/c16-11-6-2-4-8-13(11)18-14(23)9-22-20-15(19-21-22)10-5-1-3-7-12(10)17/h1-8H,9,17H2,(H,18,23). The predicted octanol–water partition coefficient (Wildman–Crippen LogP) is 1.70. The lowest BCUT2D eigenvalue weighted by molar-refractivity contribution is -0.117. The largest absolute Gasteiger partial charge is 0.398 e. The first-order valence-electron chi connectivity index (χ1n) is 6.80. The first-order chi connectivity index (χ1) is 11.1. The summed E-state index contributed by atoms with van der Waals surface area (Å²) >= 11 is 0. The molecule has 0 fully saturated rings. The third-order valence-electron chi connectivity index (χ3n) is 3.09. The summed E-state index contributed by atoms with van der Waals surface area (Å²) in [6, 6.07) is 13.0. The first kappa shape index (κ1) is 14.6. The molecule has 8 heteroatoms. The average Bonchev–Trinajstić information content (AvgIpc) is 2.98. The number of nitrogens with zero attached hydrogens (tertiary/aromatic N) is 4. The van der Waals surface area contributed by atoms with E-state index in [0.29, 0.717) is 17.1 Å². The van der Waals surface area contributed by atoms with Crippen molar-refractivity contribution in [2.45, 2.75) is 6.54 Å². The van der Waals surface area contributed by atoms with Crippen molar-refractivity contribution in [2.75, 3.05) is 11.1 Å². The van der Waals surface area contributed by atoms with Crippen LogP contribution < -0.4 is 11.1 Å². The van der Waals surface area contributed by atoms with Gasteiger partial charge in [0.05, 0.1) is 5.69 Å². The minimum Gasteiger partial charge on any atom is -0.398 e. The summed E-state index contributed by atoms with van der Waals surface area (Å²) in [7, 11) is 0. The molecule has 0 radical (unpaired) electrons. The van der Waals surface area contributed by atoms with Gasteiger partial charge in [-0.1, -0.05) is 24.3 Å². The van der Waals surface area contributed by atoms with Crippen LogP contribution in [-0.4, -0.2) is 26.1 Å². The van der Waals surface area contributed by atoms with E-state index in [1.54, 1.807) is 36.4 Å². The van der Waals surface area contributed by atoms with Crippen LogP contribution in [0.25, 0.3) is 11.4 Å². The fourth-order valence-electron chi connectivity index (χ4n) is 2.00. The maximum Gasteiger partial charge on any atom is 0.248 e. The molecule has 0 aliphatic carbocycles. The molecule has 7 nitrogen and oxygen atoms in total. The highest BCUT2D eigenvalue weighted by molar-refractivity contribution is 5.90.